The summed E-state index contributed by atoms with van der Waals surface area (Å²) in [5.41, 5.74) is -0.00450. The van der Waals surface area contributed by atoms with Crippen LogP contribution in [0.2, 0.25) is 10.0 Å². The third kappa shape index (κ3) is 5.44. The van der Waals surface area contributed by atoms with Crippen molar-refractivity contribution in [1.29, 1.82) is 0 Å². The predicted molar refractivity (Wildman–Crippen MR) is 146 cm³/mol. The van der Waals surface area contributed by atoms with Gasteiger partial charge in [0.05, 0.1) is 28.4 Å². The molecule has 3 N–H and O–H groups in total. The highest BCUT2D eigenvalue weighted by Gasteiger charge is 2.24. The number of amides is 1. The molecule has 4 aromatic carbocycles. The molecule has 9 nitrogen and oxygen atoms in total. The normalized spacial score (nSPS) is 11.7. The smallest absolute Gasteiger partial charge is 0.297 e. The Bertz CT molecular complexity index is 1710. The van der Waals surface area contributed by atoms with Crippen LogP contribution in [-0.2, 0) is 16.5 Å². The van der Waals surface area contributed by atoms with E-state index in [1.54, 1.807) is 43.3 Å². The van der Waals surface area contributed by atoms with Crippen molar-refractivity contribution >= 4 is 67.1 Å². The molecule has 0 fully saturated rings. The number of aromatic hydroxyl groups is 1. The number of hydrogen-bond donors (Lipinski definition) is 3. The van der Waals surface area contributed by atoms with E-state index in [0.717, 1.165) is 0 Å². The summed E-state index contributed by atoms with van der Waals surface area (Å²) in [4.78, 5) is 12.7. The minimum absolute atomic E-state index is 0.0797. The maximum absolute atomic E-state index is 13.2. The summed E-state index contributed by atoms with van der Waals surface area (Å²) in [6.45, 7) is 1.70. The fourth-order valence-corrected chi connectivity index (χ4v) is 5.21. The average molecular weight is 574 g/mol. The molecule has 0 bridgehead atoms. The lowest BCUT2D eigenvalue weighted by atomic mass is 10.0. The number of ether oxygens (including phenoxy) is 1. The first-order valence-electron chi connectivity index (χ1n) is 11.1. The molecule has 1 amide bonds. The number of methoxy groups -OCH3 is 1. The van der Waals surface area contributed by atoms with Gasteiger partial charge < -0.3 is 15.2 Å². The van der Waals surface area contributed by atoms with E-state index in [9.17, 15) is 22.9 Å². The summed E-state index contributed by atoms with van der Waals surface area (Å²) >= 11 is 12.4. The number of anilines is 1. The number of rotatable bonds is 7. The Morgan fingerprint density at radius 3 is 2.37 bits per heavy atom. The minimum Gasteiger partial charge on any atom is -0.505 e. The van der Waals surface area contributed by atoms with Gasteiger partial charge in [0.2, 0.25) is 0 Å². The van der Waals surface area contributed by atoms with Crippen LogP contribution in [0, 0.1) is 0 Å². The molecule has 0 saturated heterocycles. The number of phenols is 1. The number of azo groups is 1. The molecule has 4 aromatic rings. The molecule has 0 radical (unpaired) electrons. The van der Waals surface area contributed by atoms with E-state index >= 15 is 0 Å². The number of phenolic OH excluding ortho intramolecular Hbond substituents is 1. The number of nitrogens with one attached hydrogen (secondary N) is 1. The van der Waals surface area contributed by atoms with Crippen LogP contribution >= 0.6 is 23.2 Å². The van der Waals surface area contributed by atoms with Gasteiger partial charge in [-0.25, -0.2) is 0 Å². The lowest BCUT2D eigenvalue weighted by molar-refractivity contribution is 0.102. The highest BCUT2D eigenvalue weighted by molar-refractivity contribution is 7.86. The number of carbonyl (C=O) groups is 1. The number of hydrogen-bond acceptors (Lipinski definition) is 7. The lowest BCUT2D eigenvalue weighted by Crippen LogP contribution is -2.12. The van der Waals surface area contributed by atoms with Crippen molar-refractivity contribution in [3.05, 3.63) is 81.8 Å². The number of halogens is 2. The Hall–Kier alpha value is -3.70. The maximum Gasteiger partial charge on any atom is 0.297 e. The number of carbonyl (C=O) groups excluding carboxylic acids is 1. The van der Waals surface area contributed by atoms with E-state index in [1.807, 2.05) is 0 Å². The van der Waals surface area contributed by atoms with Crippen LogP contribution in [0.5, 0.6) is 11.5 Å². The van der Waals surface area contributed by atoms with Gasteiger partial charge in [0.1, 0.15) is 22.0 Å². The SMILES string of the molecule is CCc1ccc(Cl)c(N=Nc2c(O)c(C(=O)Nc3cc(OC)ccc3Cl)cc3ccccc23)c1S(=O)(=O)O. The van der Waals surface area contributed by atoms with Crippen molar-refractivity contribution in [3.63, 3.8) is 0 Å². The van der Waals surface area contributed by atoms with Crippen molar-refractivity contribution in [1.82, 2.24) is 0 Å². The maximum atomic E-state index is 13.2. The van der Waals surface area contributed by atoms with Crippen LogP contribution in [0.4, 0.5) is 17.1 Å². The largest absolute Gasteiger partial charge is 0.505 e. The molecule has 0 saturated carbocycles. The van der Waals surface area contributed by atoms with E-state index < -0.39 is 26.7 Å². The molecule has 0 heterocycles. The monoisotopic (exact) mass is 573 g/mol. The third-order valence-corrected chi connectivity index (χ3v) is 7.32. The zero-order chi connectivity index (χ0) is 27.6. The Balaban J connectivity index is 1.87. The van der Waals surface area contributed by atoms with Crippen molar-refractivity contribution in [2.75, 3.05) is 12.4 Å². The summed E-state index contributed by atoms with van der Waals surface area (Å²) in [6.07, 6.45) is 0.269. The van der Waals surface area contributed by atoms with Crippen molar-refractivity contribution in [3.8, 4) is 11.5 Å². The fourth-order valence-electron chi connectivity index (χ4n) is 3.86. The molecule has 4 rings (SSSR count). The standard InChI is InChI=1S/C26H21Cl2N3O6S/c1-3-14-8-10-20(28)23(25(14)38(34,35)36)31-30-22-17-7-5-4-6-15(17)12-18(24(22)32)26(33)29-21-13-16(37-2)9-11-19(21)27/h4-13,32H,3H2,1-2H3,(H,29,33)(H,34,35,36). The van der Waals surface area contributed by atoms with Crippen molar-refractivity contribution < 1.29 is 27.6 Å². The van der Waals surface area contributed by atoms with Crippen LogP contribution in [0.15, 0.2) is 75.8 Å². The molecule has 196 valence electrons. The molecule has 0 aliphatic carbocycles. The lowest BCUT2D eigenvalue weighted by Gasteiger charge is -2.13. The Morgan fingerprint density at radius 2 is 1.68 bits per heavy atom. The summed E-state index contributed by atoms with van der Waals surface area (Å²) in [7, 11) is -3.24. The van der Waals surface area contributed by atoms with Gasteiger partial charge in [-0.15, -0.1) is 10.2 Å². The Kier molecular flexibility index (Phi) is 7.89. The van der Waals surface area contributed by atoms with Gasteiger partial charge in [-0.1, -0.05) is 60.5 Å². The van der Waals surface area contributed by atoms with Crippen LogP contribution in [0.25, 0.3) is 10.8 Å². The fraction of sp³-hybridized carbons (Fsp3) is 0.115. The van der Waals surface area contributed by atoms with Crippen LogP contribution in [0.1, 0.15) is 22.8 Å². The van der Waals surface area contributed by atoms with Gasteiger partial charge in [-0.05, 0) is 41.6 Å². The number of nitrogens with zero attached hydrogens (tertiary/aromatic N) is 2. The molecule has 12 heteroatoms. The van der Waals surface area contributed by atoms with Gasteiger partial charge in [-0.3, -0.25) is 9.35 Å². The molecule has 0 spiro atoms. The van der Waals surface area contributed by atoms with E-state index in [4.69, 9.17) is 27.9 Å². The van der Waals surface area contributed by atoms with Gasteiger partial charge in [-0.2, -0.15) is 8.42 Å². The van der Waals surface area contributed by atoms with E-state index in [-0.39, 0.29) is 44.7 Å². The molecular formula is C26H21Cl2N3O6S. The zero-order valence-electron chi connectivity index (χ0n) is 20.1. The number of benzene rings is 4. The minimum atomic E-state index is -4.71. The van der Waals surface area contributed by atoms with Crippen LogP contribution < -0.4 is 10.1 Å². The first-order chi connectivity index (χ1) is 18.0. The molecule has 0 unspecified atom stereocenters. The van der Waals surface area contributed by atoms with E-state index in [1.165, 1.54) is 31.4 Å². The predicted octanol–water partition coefficient (Wildman–Crippen LogP) is 7.34. The molecule has 0 aliphatic heterocycles. The van der Waals surface area contributed by atoms with Gasteiger partial charge in [0.25, 0.3) is 16.0 Å². The summed E-state index contributed by atoms with van der Waals surface area (Å²) in [5.74, 6) is -0.743. The topological polar surface area (TPSA) is 138 Å². The summed E-state index contributed by atoms with van der Waals surface area (Å²) < 4.78 is 39.3. The molecule has 0 atom stereocenters. The summed E-state index contributed by atoms with van der Waals surface area (Å²) in [6, 6.07) is 15.9. The van der Waals surface area contributed by atoms with Gasteiger partial charge in [0.15, 0.2) is 5.75 Å². The molecule has 38 heavy (non-hydrogen) atoms. The Labute approximate surface area is 228 Å². The zero-order valence-corrected chi connectivity index (χ0v) is 22.4. The first kappa shape index (κ1) is 27.3. The number of aryl methyl sites for hydroxylation is 1. The second kappa shape index (κ2) is 11.0. The highest BCUT2D eigenvalue weighted by atomic mass is 35.5. The number of fused-ring (bicyclic) bond motifs is 1. The average Bonchev–Trinajstić information content (AvgIpc) is 2.88. The van der Waals surface area contributed by atoms with Crippen LogP contribution in [0.3, 0.4) is 0 Å². The van der Waals surface area contributed by atoms with E-state index in [0.29, 0.717) is 16.5 Å². The van der Waals surface area contributed by atoms with Crippen molar-refractivity contribution in [2.24, 2.45) is 10.2 Å². The van der Waals surface area contributed by atoms with Gasteiger partial charge in [0, 0.05) is 11.5 Å². The molecule has 0 aliphatic rings. The second-order valence-corrected chi connectivity index (χ2v) is 10.2. The third-order valence-electron chi connectivity index (χ3n) is 5.71. The van der Waals surface area contributed by atoms with E-state index in [2.05, 4.69) is 15.5 Å². The second-order valence-electron chi connectivity index (χ2n) is 8.06. The van der Waals surface area contributed by atoms with Crippen molar-refractivity contribution in [2.45, 2.75) is 18.2 Å². The summed E-state index contributed by atoms with van der Waals surface area (Å²) in [5, 5.41) is 23.0. The van der Waals surface area contributed by atoms with Crippen LogP contribution in [-0.4, -0.2) is 31.1 Å². The quantitative estimate of drug-likeness (QED) is 0.156. The molecular weight excluding hydrogens is 553 g/mol. The van der Waals surface area contributed by atoms with Gasteiger partial charge >= 0.3 is 0 Å². The first-order valence-corrected chi connectivity index (χ1v) is 13.3. The highest BCUT2D eigenvalue weighted by Crippen LogP contribution is 2.42. The molecule has 0 aromatic heterocycles. The Morgan fingerprint density at radius 1 is 1.00 bits per heavy atom.